The molecule has 0 atom stereocenters. The number of carbonyl (C=O) groups is 3. The Labute approximate surface area is 97.3 Å². The fraction of sp³-hybridized carbons (Fsp3) is 0.571. The molecule has 0 radical (unpaired) electrons. The van der Waals surface area contributed by atoms with Crippen molar-refractivity contribution in [3.63, 3.8) is 0 Å². The van der Waals surface area contributed by atoms with E-state index in [1.54, 1.807) is 0 Å². The van der Waals surface area contributed by atoms with Crippen LogP contribution in [-0.4, -0.2) is 50.4 Å². The summed E-state index contributed by atoms with van der Waals surface area (Å²) in [7, 11) is -0.612. The number of rotatable bonds is 4. The highest BCUT2D eigenvalue weighted by Gasteiger charge is 2.34. The van der Waals surface area contributed by atoms with Crippen molar-refractivity contribution in [2.75, 3.05) is 27.5 Å². The lowest BCUT2D eigenvalue weighted by Gasteiger charge is -2.18. The molecule has 0 aliphatic heterocycles. The van der Waals surface area contributed by atoms with Crippen LogP contribution in [0, 0.1) is 0 Å². The Kier molecular flexibility index (Phi) is 5.80. The van der Waals surface area contributed by atoms with Gasteiger partial charge in [-0.1, -0.05) is 0 Å². The summed E-state index contributed by atoms with van der Waals surface area (Å²) in [4.78, 5) is 33.4. The topological polar surface area (TPSA) is 125 Å². The Morgan fingerprint density at radius 3 is 1.94 bits per heavy atom. The van der Waals surface area contributed by atoms with Gasteiger partial charge < -0.3 is 19.5 Å². The zero-order valence-corrected chi connectivity index (χ0v) is 10.4. The minimum Gasteiger partial charge on any atom is -0.452 e. The van der Waals surface area contributed by atoms with Gasteiger partial charge >= 0.3 is 19.7 Å². The van der Waals surface area contributed by atoms with Gasteiger partial charge in [0.25, 0.3) is 5.91 Å². The van der Waals surface area contributed by atoms with Crippen molar-refractivity contribution < 1.29 is 32.7 Å². The lowest BCUT2D eigenvalue weighted by molar-refractivity contribution is -0.124. The molecule has 0 unspecified atom stereocenters. The number of amides is 4. The van der Waals surface area contributed by atoms with Crippen molar-refractivity contribution in [2.24, 2.45) is 5.73 Å². The zero-order valence-electron chi connectivity index (χ0n) is 9.54. The lowest BCUT2D eigenvalue weighted by atomic mass is 10.6. The predicted octanol–water partition coefficient (Wildman–Crippen LogP) is 0.146. The van der Waals surface area contributed by atoms with E-state index in [-0.39, 0.29) is 4.90 Å². The maximum atomic E-state index is 11.6. The number of carbonyl (C=O) groups excluding carboxylic acids is 3. The Morgan fingerprint density at radius 2 is 1.65 bits per heavy atom. The number of hydrogen-bond donors (Lipinski definition) is 1. The molecule has 2 N–H and O–H groups in total. The van der Waals surface area contributed by atoms with E-state index in [4.69, 9.17) is 5.73 Å². The number of nitrogens with two attached hydrogens (primary N) is 1. The minimum atomic E-state index is -3.69. The van der Waals surface area contributed by atoms with E-state index in [2.05, 4.69) is 13.8 Å². The minimum absolute atomic E-state index is 0.00465. The molecule has 17 heavy (non-hydrogen) atoms. The van der Waals surface area contributed by atoms with Crippen molar-refractivity contribution in [3.05, 3.63) is 0 Å². The summed E-state index contributed by atoms with van der Waals surface area (Å²) in [5, 5.41) is 0. The van der Waals surface area contributed by atoms with E-state index < -0.39 is 31.8 Å². The monoisotopic (exact) mass is 268 g/mol. The highest BCUT2D eigenvalue weighted by Crippen LogP contribution is 2.46. The van der Waals surface area contributed by atoms with Crippen LogP contribution in [-0.2, 0) is 23.1 Å². The van der Waals surface area contributed by atoms with Gasteiger partial charge in [0, 0.05) is 14.2 Å². The molecule has 0 aliphatic carbocycles. The Hall–Kier alpha value is -1.44. The molecule has 9 nitrogen and oxygen atoms in total. The van der Waals surface area contributed by atoms with Crippen LogP contribution >= 0.6 is 7.60 Å². The number of methoxy groups -OCH3 is 1. The molecule has 0 aliphatic rings. The molecular formula is C7H13N2O7P. The van der Waals surface area contributed by atoms with Gasteiger partial charge in [-0.15, -0.1) is 0 Å². The molecule has 0 fully saturated rings. The normalized spacial score (nSPS) is 10.8. The number of ether oxygens (including phenoxy) is 1. The molecule has 0 spiro atoms. The van der Waals surface area contributed by atoms with Gasteiger partial charge in [-0.05, 0) is 0 Å². The van der Waals surface area contributed by atoms with Crippen LogP contribution in [0.25, 0.3) is 0 Å². The molecule has 4 amide bonds. The molecule has 0 saturated carbocycles. The van der Waals surface area contributed by atoms with Crippen LogP contribution in [0.4, 0.5) is 9.59 Å². The second kappa shape index (κ2) is 6.33. The van der Waals surface area contributed by atoms with Crippen LogP contribution in [0.2, 0.25) is 0 Å². The number of imide groups is 3. The number of primary amides is 1. The Bertz CT molecular complexity index is 361. The lowest BCUT2D eigenvalue weighted by Crippen LogP contribution is -2.46. The average Bonchev–Trinajstić information content (AvgIpc) is 2.28. The van der Waals surface area contributed by atoms with Gasteiger partial charge in [0.15, 0.2) is 0 Å². The molecule has 0 rings (SSSR count). The van der Waals surface area contributed by atoms with E-state index in [0.29, 0.717) is 0 Å². The van der Waals surface area contributed by atoms with E-state index in [0.717, 1.165) is 21.3 Å². The molecule has 0 saturated heterocycles. The summed E-state index contributed by atoms with van der Waals surface area (Å²) in [6.07, 6.45) is -2.08. The van der Waals surface area contributed by atoms with Gasteiger partial charge in [-0.2, -0.15) is 4.90 Å². The van der Waals surface area contributed by atoms with Crippen molar-refractivity contribution >= 4 is 25.6 Å². The first-order valence-electron chi connectivity index (χ1n) is 4.22. The highest BCUT2D eigenvalue weighted by atomic mass is 31.2. The summed E-state index contributed by atoms with van der Waals surface area (Å²) in [5.41, 5.74) is 4.81. The van der Waals surface area contributed by atoms with E-state index in [9.17, 15) is 18.9 Å². The van der Waals surface area contributed by atoms with E-state index in [1.807, 2.05) is 0 Å². The van der Waals surface area contributed by atoms with Crippen molar-refractivity contribution in [3.8, 4) is 0 Å². The first-order valence-corrected chi connectivity index (χ1v) is 5.95. The van der Waals surface area contributed by atoms with Gasteiger partial charge in [0.2, 0.25) is 0 Å². The van der Waals surface area contributed by atoms with E-state index in [1.165, 1.54) is 0 Å². The maximum absolute atomic E-state index is 11.6. The first kappa shape index (κ1) is 15.6. The largest absolute Gasteiger partial charge is 0.452 e. The third-order valence-electron chi connectivity index (χ3n) is 1.71. The van der Waals surface area contributed by atoms with Crippen LogP contribution in [0.5, 0.6) is 0 Å². The smallest absolute Gasteiger partial charge is 0.424 e. The Morgan fingerprint density at radius 1 is 1.18 bits per heavy atom. The second-order valence-corrected chi connectivity index (χ2v) is 4.94. The zero-order chi connectivity index (χ0) is 13.6. The average molecular weight is 268 g/mol. The molecule has 0 aromatic heterocycles. The van der Waals surface area contributed by atoms with Gasteiger partial charge in [0.05, 0.1) is 7.11 Å². The summed E-state index contributed by atoms with van der Waals surface area (Å²) in [6.45, 7) is 0. The predicted molar refractivity (Wildman–Crippen MR) is 55.3 cm³/mol. The molecule has 10 heteroatoms. The van der Waals surface area contributed by atoms with Crippen LogP contribution < -0.4 is 5.73 Å². The maximum Gasteiger partial charge on any atom is 0.424 e. The fourth-order valence-electron chi connectivity index (χ4n) is 0.846. The summed E-state index contributed by atoms with van der Waals surface area (Å²) in [5.74, 6) is -1.14. The Balaban J connectivity index is 4.94. The van der Waals surface area contributed by atoms with Crippen molar-refractivity contribution in [1.29, 1.82) is 0 Å². The molecule has 0 heterocycles. The molecular weight excluding hydrogens is 255 g/mol. The fourth-order valence-corrected chi connectivity index (χ4v) is 1.73. The van der Waals surface area contributed by atoms with Crippen molar-refractivity contribution in [1.82, 2.24) is 4.90 Å². The molecule has 0 aromatic rings. The van der Waals surface area contributed by atoms with Gasteiger partial charge in [-0.25, -0.2) is 9.59 Å². The van der Waals surface area contributed by atoms with Crippen LogP contribution in [0.1, 0.15) is 0 Å². The number of hydrogen-bond acceptors (Lipinski definition) is 7. The molecule has 0 bridgehead atoms. The highest BCUT2D eigenvalue weighted by molar-refractivity contribution is 7.54. The van der Waals surface area contributed by atoms with Gasteiger partial charge in [-0.3, -0.25) is 9.36 Å². The van der Waals surface area contributed by atoms with Crippen LogP contribution in [0.15, 0.2) is 0 Å². The van der Waals surface area contributed by atoms with Crippen LogP contribution in [0.3, 0.4) is 0 Å². The standard InChI is InChI=1S/C7H13N2O7P/c1-14-7(12)9(6(8)11)5(10)4-17(13,15-2)16-3/h4H2,1-3H3,(H2,8,11). The number of urea groups is 1. The third-order valence-corrected chi connectivity index (χ3v) is 3.48. The third kappa shape index (κ3) is 4.14. The summed E-state index contributed by atoms with van der Waals surface area (Å²) < 4.78 is 24.7. The van der Waals surface area contributed by atoms with E-state index >= 15 is 0 Å². The summed E-state index contributed by atoms with van der Waals surface area (Å²) in [6, 6.07) is -1.35. The van der Waals surface area contributed by atoms with Gasteiger partial charge in [0.1, 0.15) is 6.16 Å². The van der Waals surface area contributed by atoms with Crippen molar-refractivity contribution in [2.45, 2.75) is 0 Å². The molecule has 0 aromatic carbocycles. The second-order valence-electron chi connectivity index (χ2n) is 2.67. The molecule has 98 valence electrons. The number of nitrogens with zero attached hydrogens (tertiary/aromatic N) is 1. The summed E-state index contributed by atoms with van der Waals surface area (Å²) >= 11 is 0. The first-order chi connectivity index (χ1) is 7.81. The quantitative estimate of drug-likeness (QED) is 0.719. The SMILES string of the molecule is COC(=O)N(C(N)=O)C(=O)CP(=O)(OC)OC.